The van der Waals surface area contributed by atoms with Crippen LogP contribution in [0.5, 0.6) is 0 Å². The zero-order valence-electron chi connectivity index (χ0n) is 12.8. The van der Waals surface area contributed by atoms with Gasteiger partial charge in [-0.1, -0.05) is 0 Å². The molecule has 0 spiro atoms. The van der Waals surface area contributed by atoms with E-state index in [0.29, 0.717) is 0 Å². The van der Waals surface area contributed by atoms with E-state index in [4.69, 9.17) is 14.0 Å². The molecule has 0 amide bonds. The first-order valence-electron chi connectivity index (χ1n) is 7.25. The van der Waals surface area contributed by atoms with Crippen molar-refractivity contribution in [1.29, 1.82) is 0 Å². The molecule has 5 unspecified atom stereocenters. The van der Waals surface area contributed by atoms with Gasteiger partial charge in [0.05, 0.1) is 12.0 Å². The van der Waals surface area contributed by atoms with Gasteiger partial charge in [-0.05, 0) is 0 Å². The Hall–Kier alpha value is -1.61. The number of carbonyl (C=O) groups excluding carboxylic acids is 2. The smallest absolute Gasteiger partial charge is 0.438 e. The van der Waals surface area contributed by atoms with Crippen LogP contribution in [0.25, 0.3) is 0 Å². The van der Waals surface area contributed by atoms with Gasteiger partial charge in [0.25, 0.3) is 10.1 Å². The molecule has 154 valence electrons. The van der Waals surface area contributed by atoms with Gasteiger partial charge in [0.15, 0.2) is 0 Å². The third-order valence-electron chi connectivity index (χ3n) is 4.69. The summed E-state index contributed by atoms with van der Waals surface area (Å²) < 4.78 is 123. The van der Waals surface area contributed by atoms with Crippen LogP contribution >= 0.6 is 0 Å². The first kappa shape index (κ1) is 20.1. The monoisotopic (exact) mass is 428 g/mol. The maximum Gasteiger partial charge on any atom is 0.438 e. The topological polar surface area (TPSA) is 116 Å². The second-order valence-corrected chi connectivity index (χ2v) is 7.82. The summed E-state index contributed by atoms with van der Waals surface area (Å²) in [6, 6.07) is 0. The number of alkyl halides is 6. The highest BCUT2D eigenvalue weighted by Gasteiger charge is 2.77. The molecule has 0 aromatic rings. The lowest BCUT2D eigenvalue weighted by atomic mass is 9.80. The van der Waals surface area contributed by atoms with E-state index < -0.39 is 75.9 Å². The summed E-state index contributed by atoms with van der Waals surface area (Å²) in [5.41, 5.74) is -5.52. The number of hydrogen-bond acceptors (Lipinski definition) is 7. The number of halogens is 6. The number of carbonyl (C=O) groups is 2. The highest BCUT2D eigenvalue weighted by atomic mass is 32.2. The number of hydrogen-bond donors (Lipinski definition) is 1. The third kappa shape index (κ3) is 3.04. The van der Waals surface area contributed by atoms with E-state index in [1.807, 2.05) is 0 Å². The van der Waals surface area contributed by atoms with Crippen LogP contribution in [0.3, 0.4) is 0 Å². The molecule has 27 heavy (non-hydrogen) atoms. The van der Waals surface area contributed by atoms with Crippen molar-refractivity contribution in [3.05, 3.63) is 0 Å². The van der Waals surface area contributed by atoms with E-state index in [1.54, 1.807) is 0 Å². The Morgan fingerprint density at radius 3 is 2.19 bits per heavy atom. The van der Waals surface area contributed by atoms with Gasteiger partial charge in [-0.3, -0.25) is 14.1 Å². The van der Waals surface area contributed by atoms with Crippen LogP contribution in [0.4, 0.5) is 26.3 Å². The quantitative estimate of drug-likeness (QED) is 0.394. The summed E-state index contributed by atoms with van der Waals surface area (Å²) in [5.74, 6) is -9.43. The lowest BCUT2D eigenvalue weighted by molar-refractivity contribution is -0.362. The van der Waals surface area contributed by atoms with Gasteiger partial charge in [0.1, 0.15) is 23.9 Å². The van der Waals surface area contributed by atoms with Gasteiger partial charge in [0, 0.05) is 6.42 Å². The average molecular weight is 428 g/mol. The maximum absolute atomic E-state index is 13.2. The van der Waals surface area contributed by atoms with E-state index >= 15 is 0 Å². The van der Waals surface area contributed by atoms with E-state index in [-0.39, 0.29) is 6.42 Å². The zero-order valence-corrected chi connectivity index (χ0v) is 13.6. The normalized spacial score (nSPS) is 33.3. The summed E-state index contributed by atoms with van der Waals surface area (Å²) >= 11 is 0. The predicted molar refractivity (Wildman–Crippen MR) is 67.5 cm³/mol. The number of ether oxygens (including phenoxy) is 3. The number of rotatable bonds is 4. The van der Waals surface area contributed by atoms with Crippen molar-refractivity contribution in [3.8, 4) is 0 Å². The molecule has 3 heterocycles. The third-order valence-corrected chi connectivity index (χ3v) is 5.46. The minimum Gasteiger partial charge on any atom is -0.459 e. The van der Waals surface area contributed by atoms with E-state index in [1.165, 1.54) is 0 Å². The first-order valence-corrected chi connectivity index (χ1v) is 8.86. The molecular formula is C12H10F6O8S. The van der Waals surface area contributed by atoms with Gasteiger partial charge in [-0.2, -0.15) is 34.8 Å². The van der Waals surface area contributed by atoms with Crippen LogP contribution < -0.4 is 0 Å². The molecule has 0 aromatic heterocycles. The highest BCUT2D eigenvalue weighted by molar-refractivity contribution is 7.85. The largest absolute Gasteiger partial charge is 0.459 e. The highest BCUT2D eigenvalue weighted by Crippen LogP contribution is 2.52. The van der Waals surface area contributed by atoms with Gasteiger partial charge < -0.3 is 14.2 Å². The van der Waals surface area contributed by atoms with Crippen molar-refractivity contribution in [2.45, 2.75) is 42.7 Å². The molecule has 3 fully saturated rings. The number of esters is 2. The van der Waals surface area contributed by atoms with Crippen molar-refractivity contribution in [3.63, 3.8) is 0 Å². The van der Waals surface area contributed by atoms with Crippen molar-refractivity contribution in [2.75, 3.05) is 5.75 Å². The van der Waals surface area contributed by atoms with Crippen LogP contribution in [0.15, 0.2) is 0 Å². The molecule has 1 N–H and O–H groups in total. The zero-order chi connectivity index (χ0) is 20.6. The van der Waals surface area contributed by atoms with Gasteiger partial charge in [-0.15, -0.1) is 0 Å². The molecule has 3 rings (SSSR count). The molecule has 0 radical (unpaired) electrons. The molecule has 3 aliphatic heterocycles. The van der Waals surface area contributed by atoms with Crippen LogP contribution in [-0.4, -0.2) is 66.9 Å². The fraction of sp³-hybridized carbons (Fsp3) is 0.833. The Kier molecular flexibility index (Phi) is 4.25. The Balaban J connectivity index is 1.97. The summed E-state index contributed by atoms with van der Waals surface area (Å²) in [6.45, 7) is 0. The molecule has 0 saturated carbocycles. The van der Waals surface area contributed by atoms with Gasteiger partial charge in [-0.25, -0.2) is 0 Å². The molecule has 2 bridgehead atoms. The first-order chi connectivity index (χ1) is 12.1. The molecule has 8 nitrogen and oxygen atoms in total. The molecule has 3 aliphatic rings. The Labute approximate surface area is 146 Å². The van der Waals surface area contributed by atoms with Gasteiger partial charge in [0.2, 0.25) is 0 Å². The molecule has 0 aliphatic carbocycles. The van der Waals surface area contributed by atoms with E-state index in [0.717, 1.165) is 0 Å². The fourth-order valence-corrected chi connectivity index (χ4v) is 4.48. The second-order valence-electron chi connectivity index (χ2n) is 6.37. The molecule has 15 heteroatoms. The van der Waals surface area contributed by atoms with Crippen LogP contribution in [0.1, 0.15) is 6.42 Å². The maximum atomic E-state index is 13.2. The van der Waals surface area contributed by atoms with Crippen molar-refractivity contribution in [1.82, 2.24) is 0 Å². The van der Waals surface area contributed by atoms with Crippen LogP contribution in [-0.2, 0) is 33.9 Å². The fourth-order valence-electron chi connectivity index (χ4n) is 3.58. The Bertz CT molecular complexity index is 758. The molecule has 3 saturated heterocycles. The molecule has 0 aromatic carbocycles. The second kappa shape index (κ2) is 5.70. The van der Waals surface area contributed by atoms with Crippen LogP contribution in [0, 0.1) is 11.8 Å². The van der Waals surface area contributed by atoms with E-state index in [9.17, 15) is 44.3 Å². The Morgan fingerprint density at radius 1 is 1.15 bits per heavy atom. The predicted octanol–water partition coefficient (Wildman–Crippen LogP) is 0.610. The average Bonchev–Trinajstić information content (AvgIpc) is 3.03. The van der Waals surface area contributed by atoms with Gasteiger partial charge >= 0.3 is 29.9 Å². The lowest BCUT2D eigenvalue weighted by Gasteiger charge is -2.36. The van der Waals surface area contributed by atoms with Crippen molar-refractivity contribution < 1.29 is 63.1 Å². The van der Waals surface area contributed by atoms with E-state index in [2.05, 4.69) is 4.74 Å². The molecular weight excluding hydrogens is 418 g/mol. The van der Waals surface area contributed by atoms with Crippen LogP contribution in [0.2, 0.25) is 0 Å². The summed E-state index contributed by atoms with van der Waals surface area (Å²) in [4.78, 5) is 23.9. The summed E-state index contributed by atoms with van der Waals surface area (Å²) in [7, 11) is -5.89. The van der Waals surface area contributed by atoms with Crippen molar-refractivity contribution >= 4 is 22.1 Å². The summed E-state index contributed by atoms with van der Waals surface area (Å²) in [5, 5.41) is 0. The minimum absolute atomic E-state index is 0.129. The minimum atomic E-state index is -6.44. The number of fused-ring (bicyclic) bond motifs is 1. The lowest BCUT2D eigenvalue weighted by Crippen LogP contribution is -2.64. The Morgan fingerprint density at radius 2 is 1.70 bits per heavy atom. The standard InChI is InChI=1S/C12H10F6O8S/c13-11(14,15)10(12(16,17)18,2-27(21,22)23)26-9(20)5-3-1-4-7(24-3)6(5)8(19)25-4/h3-7H,1-2H2,(H,21,22,23). The molecule has 5 atom stereocenters. The van der Waals surface area contributed by atoms with Crippen molar-refractivity contribution in [2.24, 2.45) is 11.8 Å². The summed E-state index contributed by atoms with van der Waals surface area (Å²) in [6.07, 6.45) is -16.0. The SMILES string of the molecule is O=C(OC(CS(=O)(=O)O)(C(F)(F)F)C(F)(F)F)C1C2CC3OC(=O)C1C3O2.